The summed E-state index contributed by atoms with van der Waals surface area (Å²) < 4.78 is 13.9. The van der Waals surface area contributed by atoms with Crippen molar-refractivity contribution in [1.82, 2.24) is 9.55 Å². The first-order valence-electron chi connectivity index (χ1n) is 3.87. The molecular weight excluding hydrogens is 155 g/mol. The lowest BCUT2D eigenvalue weighted by Gasteiger charge is -1.99. The zero-order chi connectivity index (χ0) is 8.39. The molecule has 0 unspecified atom stereocenters. The maximum absolute atomic E-state index is 12.0. The van der Waals surface area contributed by atoms with Crippen LogP contribution in [-0.2, 0) is 6.54 Å². The van der Waals surface area contributed by atoms with Gasteiger partial charge in [-0.15, -0.1) is 0 Å². The van der Waals surface area contributed by atoms with Crippen LogP contribution in [0.3, 0.4) is 0 Å². The van der Waals surface area contributed by atoms with Crippen molar-refractivity contribution in [3.8, 4) is 0 Å². The molecule has 0 aliphatic carbocycles. The van der Waals surface area contributed by atoms with Crippen molar-refractivity contribution in [2.45, 2.75) is 6.54 Å². The van der Waals surface area contributed by atoms with Crippen LogP contribution in [0.15, 0.2) is 30.6 Å². The Morgan fingerprint density at radius 2 is 2.33 bits per heavy atom. The average Bonchev–Trinajstić information content (AvgIpc) is 2.50. The summed E-state index contributed by atoms with van der Waals surface area (Å²) in [5.41, 5.74) is 1.92. The minimum absolute atomic E-state index is 0.335. The van der Waals surface area contributed by atoms with Crippen molar-refractivity contribution in [3.05, 3.63) is 30.6 Å². The van der Waals surface area contributed by atoms with Gasteiger partial charge in [0.1, 0.15) is 6.67 Å². The van der Waals surface area contributed by atoms with Crippen molar-refractivity contribution < 1.29 is 4.39 Å². The molecule has 2 heterocycles. The van der Waals surface area contributed by atoms with Crippen LogP contribution in [0.1, 0.15) is 0 Å². The predicted octanol–water partition coefficient (Wildman–Crippen LogP) is 2.01. The molecule has 3 heteroatoms. The molecule has 0 aliphatic rings. The predicted molar refractivity (Wildman–Crippen MR) is 45.7 cm³/mol. The van der Waals surface area contributed by atoms with Crippen LogP contribution < -0.4 is 0 Å². The third-order valence-corrected chi connectivity index (χ3v) is 1.86. The molecule has 0 radical (unpaired) electrons. The fourth-order valence-electron chi connectivity index (χ4n) is 1.31. The molecule has 0 N–H and O–H groups in total. The topological polar surface area (TPSA) is 17.8 Å². The molecule has 0 saturated heterocycles. The van der Waals surface area contributed by atoms with Gasteiger partial charge in [-0.2, -0.15) is 0 Å². The second-order valence-electron chi connectivity index (χ2n) is 2.61. The van der Waals surface area contributed by atoms with Gasteiger partial charge in [0.25, 0.3) is 0 Å². The molecule has 0 saturated carbocycles. The summed E-state index contributed by atoms with van der Waals surface area (Å²) in [7, 11) is 0. The molecule has 62 valence electrons. The van der Waals surface area contributed by atoms with E-state index in [4.69, 9.17) is 0 Å². The van der Waals surface area contributed by atoms with Gasteiger partial charge < -0.3 is 4.57 Å². The molecule has 2 aromatic heterocycles. The number of hydrogen-bond donors (Lipinski definition) is 0. The van der Waals surface area contributed by atoms with E-state index in [1.165, 1.54) is 0 Å². The van der Waals surface area contributed by atoms with Crippen LogP contribution in [0.4, 0.5) is 4.39 Å². The van der Waals surface area contributed by atoms with Crippen LogP contribution in [0.2, 0.25) is 0 Å². The van der Waals surface area contributed by atoms with Crippen molar-refractivity contribution in [3.63, 3.8) is 0 Å². The van der Waals surface area contributed by atoms with Gasteiger partial charge in [-0.1, -0.05) is 0 Å². The summed E-state index contributed by atoms with van der Waals surface area (Å²) in [6.07, 6.45) is 3.60. The van der Waals surface area contributed by atoms with Crippen molar-refractivity contribution in [2.75, 3.05) is 6.67 Å². The number of aromatic nitrogens is 2. The zero-order valence-electron chi connectivity index (χ0n) is 6.57. The Balaban J connectivity index is 2.55. The number of rotatable bonds is 2. The van der Waals surface area contributed by atoms with Gasteiger partial charge >= 0.3 is 0 Å². The Morgan fingerprint density at radius 1 is 1.42 bits per heavy atom. The van der Waals surface area contributed by atoms with E-state index >= 15 is 0 Å². The van der Waals surface area contributed by atoms with Crippen LogP contribution in [0.25, 0.3) is 11.0 Å². The minimum atomic E-state index is -0.335. The Hall–Kier alpha value is -1.38. The summed E-state index contributed by atoms with van der Waals surface area (Å²) >= 11 is 0. The molecule has 0 spiro atoms. The smallest absolute Gasteiger partial charge is 0.107 e. The van der Waals surface area contributed by atoms with Crippen LogP contribution in [-0.4, -0.2) is 16.2 Å². The lowest BCUT2D eigenvalue weighted by molar-refractivity contribution is 0.451. The number of alkyl halides is 1. The quantitative estimate of drug-likeness (QED) is 0.663. The maximum Gasteiger partial charge on any atom is 0.107 e. The van der Waals surface area contributed by atoms with Gasteiger partial charge in [0.2, 0.25) is 0 Å². The highest BCUT2D eigenvalue weighted by molar-refractivity contribution is 5.75. The molecule has 2 rings (SSSR count). The number of aryl methyl sites for hydroxylation is 1. The van der Waals surface area contributed by atoms with Gasteiger partial charge in [-0.3, -0.25) is 4.98 Å². The van der Waals surface area contributed by atoms with E-state index in [-0.39, 0.29) is 6.67 Å². The first kappa shape index (κ1) is 7.28. The van der Waals surface area contributed by atoms with Crippen molar-refractivity contribution >= 4 is 11.0 Å². The van der Waals surface area contributed by atoms with E-state index in [1.807, 2.05) is 29.0 Å². The third kappa shape index (κ3) is 1.07. The second kappa shape index (κ2) is 2.93. The summed E-state index contributed by atoms with van der Waals surface area (Å²) in [5.74, 6) is 0. The zero-order valence-corrected chi connectivity index (χ0v) is 6.57. The lowest BCUT2D eigenvalue weighted by atomic mass is 10.4. The summed E-state index contributed by atoms with van der Waals surface area (Å²) in [5, 5.41) is 0. The second-order valence-corrected chi connectivity index (χ2v) is 2.61. The molecule has 0 amide bonds. The van der Waals surface area contributed by atoms with Crippen molar-refractivity contribution in [1.29, 1.82) is 0 Å². The maximum atomic E-state index is 12.0. The summed E-state index contributed by atoms with van der Waals surface area (Å²) in [4.78, 5) is 4.14. The SMILES string of the molecule is FCCn1ccc2ncccc21. The Morgan fingerprint density at radius 3 is 3.17 bits per heavy atom. The monoisotopic (exact) mass is 164 g/mol. The van der Waals surface area contributed by atoms with Crippen LogP contribution in [0, 0.1) is 0 Å². The van der Waals surface area contributed by atoms with E-state index in [0.29, 0.717) is 6.54 Å². The fraction of sp³-hybridized carbons (Fsp3) is 0.222. The molecule has 2 nitrogen and oxygen atoms in total. The van der Waals surface area contributed by atoms with Gasteiger partial charge in [0, 0.05) is 12.4 Å². The minimum Gasteiger partial charge on any atom is -0.344 e. The highest BCUT2D eigenvalue weighted by atomic mass is 19.1. The normalized spacial score (nSPS) is 10.8. The van der Waals surface area contributed by atoms with Gasteiger partial charge in [-0.05, 0) is 18.2 Å². The van der Waals surface area contributed by atoms with Crippen LogP contribution in [0.5, 0.6) is 0 Å². The summed E-state index contributed by atoms with van der Waals surface area (Å²) in [6.45, 7) is 0.0772. The number of hydrogen-bond acceptors (Lipinski definition) is 1. The van der Waals surface area contributed by atoms with E-state index in [2.05, 4.69) is 4.98 Å². The van der Waals surface area contributed by atoms with Gasteiger partial charge in [0.15, 0.2) is 0 Å². The number of halogens is 1. The first-order chi connectivity index (χ1) is 5.92. The number of nitrogens with zero attached hydrogens (tertiary/aromatic N) is 2. The molecular formula is C9H9FN2. The van der Waals surface area contributed by atoms with E-state index < -0.39 is 0 Å². The molecule has 0 fully saturated rings. The first-order valence-corrected chi connectivity index (χ1v) is 3.87. The van der Waals surface area contributed by atoms with E-state index in [1.54, 1.807) is 6.20 Å². The molecule has 0 aliphatic heterocycles. The standard InChI is InChI=1S/C9H9FN2/c10-4-7-12-6-3-8-9(12)2-1-5-11-8/h1-3,5-6H,4,7H2. The highest BCUT2D eigenvalue weighted by Crippen LogP contribution is 2.11. The van der Waals surface area contributed by atoms with Gasteiger partial charge in [-0.25, -0.2) is 4.39 Å². The largest absolute Gasteiger partial charge is 0.344 e. The van der Waals surface area contributed by atoms with Gasteiger partial charge in [0.05, 0.1) is 17.6 Å². The Bertz CT molecular complexity index is 381. The molecule has 2 aromatic rings. The third-order valence-electron chi connectivity index (χ3n) is 1.86. The Kier molecular flexibility index (Phi) is 1.78. The molecule has 0 atom stereocenters. The van der Waals surface area contributed by atoms with Crippen molar-refractivity contribution in [2.24, 2.45) is 0 Å². The van der Waals surface area contributed by atoms with Crippen LogP contribution >= 0.6 is 0 Å². The summed E-state index contributed by atoms with van der Waals surface area (Å²) in [6, 6.07) is 5.69. The fourth-order valence-corrected chi connectivity index (χ4v) is 1.31. The molecule has 12 heavy (non-hydrogen) atoms. The number of fused-ring (bicyclic) bond motifs is 1. The number of pyridine rings is 1. The molecule has 0 aromatic carbocycles. The van der Waals surface area contributed by atoms with E-state index in [9.17, 15) is 4.39 Å². The lowest BCUT2D eigenvalue weighted by Crippen LogP contribution is -1.96. The Labute approximate surface area is 69.6 Å². The molecule has 0 bridgehead atoms. The highest BCUT2D eigenvalue weighted by Gasteiger charge is 1.98. The van der Waals surface area contributed by atoms with E-state index in [0.717, 1.165) is 11.0 Å². The average molecular weight is 164 g/mol.